The van der Waals surface area contributed by atoms with Crippen molar-refractivity contribution in [2.75, 3.05) is 6.61 Å². The molecule has 7 heteroatoms. The van der Waals surface area contributed by atoms with Gasteiger partial charge in [-0.15, -0.1) is 0 Å². The first-order chi connectivity index (χ1) is 11.0. The second kappa shape index (κ2) is 6.33. The Kier molecular flexibility index (Phi) is 4.41. The highest BCUT2D eigenvalue weighted by atomic mass is 79.9. The topological polar surface area (TPSA) is 82.2 Å². The fourth-order valence-electron chi connectivity index (χ4n) is 2.66. The Balaban J connectivity index is 2.15. The zero-order valence-electron chi connectivity index (χ0n) is 13.1. The maximum absolute atomic E-state index is 11.8. The number of carbonyl (C=O) groups excluding carboxylic acids is 1. The van der Waals surface area contributed by atoms with E-state index in [1.807, 2.05) is 22.8 Å². The number of primary amides is 1. The van der Waals surface area contributed by atoms with E-state index in [4.69, 9.17) is 10.5 Å². The van der Waals surface area contributed by atoms with Gasteiger partial charge in [-0.05, 0) is 18.2 Å². The van der Waals surface area contributed by atoms with Crippen molar-refractivity contribution in [3.05, 3.63) is 34.1 Å². The van der Waals surface area contributed by atoms with Crippen molar-refractivity contribution in [3.8, 4) is 17.1 Å². The molecule has 2 aromatic rings. The molecule has 0 saturated carbocycles. The number of hydrogen-bond acceptors (Lipinski definition) is 4. The molecule has 0 atom stereocenters. The number of amides is 1. The number of benzene rings is 1. The highest BCUT2D eigenvalue weighted by molar-refractivity contribution is 9.10. The molecule has 0 radical (unpaired) electrons. The number of nitrogens with zero attached hydrogens (tertiary/aromatic N) is 2. The number of aromatic nitrogens is 2. The Morgan fingerprint density at radius 2 is 2.30 bits per heavy atom. The number of nitrogens with two attached hydrogens (primary N) is 1. The smallest absolute Gasteiger partial charge is 0.269 e. The molecular weight excluding hydrogens is 360 g/mol. The number of imidazole rings is 1. The van der Waals surface area contributed by atoms with E-state index in [2.05, 4.69) is 40.1 Å². The molecule has 0 saturated heterocycles. The molecule has 1 aromatic carbocycles. The largest absolute Gasteiger partial charge is 0.491 e. The van der Waals surface area contributed by atoms with Gasteiger partial charge in [0, 0.05) is 17.1 Å². The van der Waals surface area contributed by atoms with Crippen LogP contribution in [0.5, 0.6) is 5.75 Å². The lowest BCUT2D eigenvalue weighted by Crippen LogP contribution is -2.26. The first kappa shape index (κ1) is 16.0. The van der Waals surface area contributed by atoms with Gasteiger partial charge in [0.05, 0.1) is 17.8 Å². The third kappa shape index (κ3) is 3.11. The minimum atomic E-state index is -0.511. The molecule has 0 unspecified atom stereocenters. The zero-order chi connectivity index (χ0) is 16.6. The molecule has 1 aliphatic rings. The summed E-state index contributed by atoms with van der Waals surface area (Å²) < 4.78 is 8.76. The summed E-state index contributed by atoms with van der Waals surface area (Å²) in [5.41, 5.74) is 7.52. The molecule has 0 fully saturated rings. The Morgan fingerprint density at radius 1 is 1.52 bits per heavy atom. The molecule has 1 aliphatic heterocycles. The predicted octanol–water partition coefficient (Wildman–Crippen LogP) is 2.30. The SMILES string of the molecule is CC(C)NCc1c(C(N)=O)nc2n1CCOc1ccc(Br)cc1-2. The number of nitrogens with one attached hydrogen (secondary N) is 1. The van der Waals surface area contributed by atoms with Crippen molar-refractivity contribution < 1.29 is 9.53 Å². The van der Waals surface area contributed by atoms with Crippen molar-refractivity contribution in [1.29, 1.82) is 0 Å². The van der Waals surface area contributed by atoms with Crippen molar-refractivity contribution >= 4 is 21.8 Å². The summed E-state index contributed by atoms with van der Waals surface area (Å²) in [7, 11) is 0. The van der Waals surface area contributed by atoms with Gasteiger partial charge in [-0.3, -0.25) is 4.79 Å². The van der Waals surface area contributed by atoms with E-state index in [1.165, 1.54) is 0 Å². The van der Waals surface area contributed by atoms with Gasteiger partial charge < -0.3 is 20.4 Å². The van der Waals surface area contributed by atoms with Crippen LogP contribution >= 0.6 is 15.9 Å². The number of ether oxygens (including phenoxy) is 1. The molecule has 23 heavy (non-hydrogen) atoms. The van der Waals surface area contributed by atoms with Crippen LogP contribution in [-0.4, -0.2) is 28.1 Å². The van der Waals surface area contributed by atoms with Crippen LogP contribution in [0.25, 0.3) is 11.4 Å². The second-order valence-corrected chi connectivity index (χ2v) is 6.69. The van der Waals surface area contributed by atoms with E-state index in [0.717, 1.165) is 21.5 Å². The van der Waals surface area contributed by atoms with Crippen molar-refractivity contribution in [2.24, 2.45) is 5.73 Å². The lowest BCUT2D eigenvalue weighted by Gasteiger charge is -2.12. The van der Waals surface area contributed by atoms with E-state index in [0.29, 0.717) is 37.3 Å². The number of halogens is 1. The average molecular weight is 379 g/mol. The normalized spacial score (nSPS) is 13.2. The molecule has 0 aliphatic carbocycles. The summed E-state index contributed by atoms with van der Waals surface area (Å²) in [5, 5.41) is 3.33. The zero-order valence-corrected chi connectivity index (χ0v) is 14.7. The van der Waals surface area contributed by atoms with Crippen LogP contribution in [0.4, 0.5) is 0 Å². The van der Waals surface area contributed by atoms with E-state index >= 15 is 0 Å². The summed E-state index contributed by atoms with van der Waals surface area (Å²) in [4.78, 5) is 16.3. The van der Waals surface area contributed by atoms with E-state index < -0.39 is 5.91 Å². The average Bonchev–Trinajstić information content (AvgIpc) is 2.76. The summed E-state index contributed by atoms with van der Waals surface area (Å²) in [6.07, 6.45) is 0. The molecule has 122 valence electrons. The monoisotopic (exact) mass is 378 g/mol. The van der Waals surface area contributed by atoms with Crippen LogP contribution in [-0.2, 0) is 13.1 Å². The molecule has 3 rings (SSSR count). The van der Waals surface area contributed by atoms with Crippen LogP contribution < -0.4 is 15.8 Å². The first-order valence-corrected chi connectivity index (χ1v) is 8.32. The van der Waals surface area contributed by atoms with Gasteiger partial charge in [0.25, 0.3) is 5.91 Å². The standard InChI is InChI=1S/C16H19BrN4O2/c1-9(2)19-8-12-14(15(18)22)20-16-11-7-10(17)3-4-13(11)23-6-5-21(12)16/h3-4,7,9,19H,5-6,8H2,1-2H3,(H2,18,22). The number of carbonyl (C=O) groups is 1. The molecule has 0 bridgehead atoms. The molecule has 2 heterocycles. The predicted molar refractivity (Wildman–Crippen MR) is 91.4 cm³/mol. The summed E-state index contributed by atoms with van der Waals surface area (Å²) in [6, 6.07) is 6.07. The Bertz CT molecular complexity index is 755. The van der Waals surface area contributed by atoms with Gasteiger partial charge in [-0.25, -0.2) is 4.98 Å². The van der Waals surface area contributed by atoms with Gasteiger partial charge in [0.2, 0.25) is 0 Å². The van der Waals surface area contributed by atoms with Crippen molar-refractivity contribution in [2.45, 2.75) is 33.0 Å². The Morgan fingerprint density at radius 3 is 3.00 bits per heavy atom. The fraction of sp³-hybridized carbons (Fsp3) is 0.375. The lowest BCUT2D eigenvalue weighted by atomic mass is 10.2. The minimum Gasteiger partial charge on any atom is -0.491 e. The number of rotatable bonds is 4. The number of hydrogen-bond donors (Lipinski definition) is 2. The molecule has 1 amide bonds. The molecule has 1 aromatic heterocycles. The van der Waals surface area contributed by atoms with Crippen molar-refractivity contribution in [1.82, 2.24) is 14.9 Å². The van der Waals surface area contributed by atoms with E-state index in [1.54, 1.807) is 0 Å². The summed E-state index contributed by atoms with van der Waals surface area (Å²) in [6.45, 7) is 5.78. The maximum Gasteiger partial charge on any atom is 0.269 e. The molecule has 3 N–H and O–H groups in total. The molecular formula is C16H19BrN4O2. The number of fused-ring (bicyclic) bond motifs is 3. The third-order valence-electron chi connectivity index (χ3n) is 3.74. The van der Waals surface area contributed by atoms with Gasteiger partial charge >= 0.3 is 0 Å². The maximum atomic E-state index is 11.8. The van der Waals surface area contributed by atoms with E-state index in [-0.39, 0.29) is 0 Å². The van der Waals surface area contributed by atoms with Crippen LogP contribution in [0.3, 0.4) is 0 Å². The van der Waals surface area contributed by atoms with Crippen LogP contribution in [0.1, 0.15) is 30.0 Å². The van der Waals surface area contributed by atoms with Gasteiger partial charge in [0.1, 0.15) is 18.2 Å². The van der Waals surface area contributed by atoms with Crippen molar-refractivity contribution in [3.63, 3.8) is 0 Å². The first-order valence-electron chi connectivity index (χ1n) is 7.52. The fourth-order valence-corrected chi connectivity index (χ4v) is 3.02. The highest BCUT2D eigenvalue weighted by Crippen LogP contribution is 2.35. The second-order valence-electron chi connectivity index (χ2n) is 5.77. The van der Waals surface area contributed by atoms with Crippen LogP contribution in [0, 0.1) is 0 Å². The van der Waals surface area contributed by atoms with Gasteiger partial charge in [-0.2, -0.15) is 0 Å². The molecule has 0 spiro atoms. The van der Waals surface area contributed by atoms with Gasteiger partial charge in [-0.1, -0.05) is 29.8 Å². The van der Waals surface area contributed by atoms with Crippen LogP contribution in [0.15, 0.2) is 22.7 Å². The highest BCUT2D eigenvalue weighted by Gasteiger charge is 2.25. The summed E-state index contributed by atoms with van der Waals surface area (Å²) in [5.74, 6) is 0.966. The van der Waals surface area contributed by atoms with E-state index in [9.17, 15) is 4.79 Å². The van der Waals surface area contributed by atoms with Crippen LogP contribution in [0.2, 0.25) is 0 Å². The summed E-state index contributed by atoms with van der Waals surface area (Å²) >= 11 is 3.48. The molecule has 6 nitrogen and oxygen atoms in total. The Labute approximate surface area is 143 Å². The quantitative estimate of drug-likeness (QED) is 0.854. The Hall–Kier alpha value is -1.86. The van der Waals surface area contributed by atoms with Gasteiger partial charge in [0.15, 0.2) is 5.69 Å². The minimum absolute atomic E-state index is 0.297. The lowest BCUT2D eigenvalue weighted by molar-refractivity contribution is 0.0994. The third-order valence-corrected chi connectivity index (χ3v) is 4.23.